The summed E-state index contributed by atoms with van der Waals surface area (Å²) in [5.41, 5.74) is -1.40. The number of amides is 1. The maximum Gasteiger partial charge on any atom is 0.475 e. The number of H-pyrrole nitrogens is 1. The van der Waals surface area contributed by atoms with Crippen LogP contribution in [0.4, 0.5) is 14.6 Å². The van der Waals surface area contributed by atoms with E-state index in [-0.39, 0.29) is 44.0 Å². The second kappa shape index (κ2) is 18.7. The van der Waals surface area contributed by atoms with Crippen molar-refractivity contribution in [1.29, 1.82) is 5.26 Å². The van der Waals surface area contributed by atoms with Crippen molar-refractivity contribution in [2.24, 2.45) is 0 Å². The Bertz CT molecular complexity index is 2450. The number of halogens is 2. The fourth-order valence-electron chi connectivity index (χ4n) is 6.08. The molecule has 2 N–H and O–H groups in total. The van der Waals surface area contributed by atoms with Crippen molar-refractivity contribution in [2.45, 2.75) is 63.1 Å². The summed E-state index contributed by atoms with van der Waals surface area (Å²) < 4.78 is 95.6. The van der Waals surface area contributed by atoms with Gasteiger partial charge in [0.25, 0.3) is 11.5 Å². The van der Waals surface area contributed by atoms with Crippen molar-refractivity contribution in [3.8, 4) is 6.07 Å². The number of carbonyl (C=O) groups excluding carboxylic acids is 1. The molecule has 3 aromatic heterocycles. The molecule has 3 fully saturated rings. The van der Waals surface area contributed by atoms with Gasteiger partial charge in [-0.1, -0.05) is 25.6 Å². The molecular weight excluding hydrogens is 846 g/mol. The summed E-state index contributed by atoms with van der Waals surface area (Å²) in [6.07, 6.45) is -11.7. The minimum Gasteiger partial charge on any atom is -0.346 e. The molecule has 59 heavy (non-hydrogen) atoms. The molecule has 6 heterocycles. The molecular formula is C33H35F2N9O12P2S. The highest BCUT2D eigenvalue weighted by Gasteiger charge is 2.55. The largest absolute Gasteiger partial charge is 0.475 e. The fourth-order valence-corrected chi connectivity index (χ4v) is 9.50. The van der Waals surface area contributed by atoms with Crippen LogP contribution in [-0.2, 0) is 53.0 Å². The third-order valence-corrected chi connectivity index (χ3v) is 12.6. The van der Waals surface area contributed by atoms with Gasteiger partial charge in [-0.3, -0.25) is 41.8 Å². The van der Waals surface area contributed by atoms with Gasteiger partial charge in [0.2, 0.25) is 6.54 Å². The highest BCUT2D eigenvalue weighted by atomic mass is 32.5. The molecule has 314 valence electrons. The zero-order chi connectivity index (χ0) is 41.0. The summed E-state index contributed by atoms with van der Waals surface area (Å²) in [6.45, 7) is 0.168. The molecule has 21 nitrogen and oxygen atoms in total. The van der Waals surface area contributed by atoms with Crippen LogP contribution >= 0.6 is 14.5 Å². The fraction of sp³-hybridized carbons (Fsp3) is 0.455. The van der Waals surface area contributed by atoms with Gasteiger partial charge in [-0.2, -0.15) is 5.26 Å². The van der Waals surface area contributed by atoms with E-state index in [0.29, 0.717) is 5.56 Å². The zero-order valence-electron chi connectivity index (χ0n) is 29.6. The molecule has 10 atom stereocenters. The van der Waals surface area contributed by atoms with Gasteiger partial charge in [-0.05, 0) is 23.9 Å². The van der Waals surface area contributed by atoms with Crippen molar-refractivity contribution in [2.75, 3.05) is 38.3 Å². The number of aromatic nitrogens is 6. The lowest BCUT2D eigenvalue weighted by atomic mass is 10.1. The summed E-state index contributed by atoms with van der Waals surface area (Å²) in [5.74, 6) is -0.522. The summed E-state index contributed by atoms with van der Waals surface area (Å²) in [7, 11) is -4.98. The molecule has 1 aromatic carbocycles. The average molecular weight is 882 g/mol. The number of aromatic amines is 1. The van der Waals surface area contributed by atoms with Crippen LogP contribution in [0.25, 0.3) is 16.0 Å². The van der Waals surface area contributed by atoms with Crippen LogP contribution in [-0.4, -0.2) is 105 Å². The number of fused-ring (bicyclic) bond motifs is 5. The SMILES string of the molecule is C.[C-]#[N+]CCOP1(=S)OC[C@H]2O[C@@H](n3cnc4c(NC(=O)c5ccccc5)ncnc43)[C@H](OP(=O)(OCCC#N)OC[C@H]3O[C@@H](n4ccc(=O)[nH]c4=O)[C@H](O1)[C@@H]3F)[C@@H]2F. The van der Waals surface area contributed by atoms with Crippen molar-refractivity contribution < 1.29 is 54.8 Å². The molecule has 3 saturated heterocycles. The maximum absolute atomic E-state index is 16.7. The second-order valence-corrected chi connectivity index (χ2v) is 17.1. The third kappa shape index (κ3) is 9.54. The molecule has 0 saturated carbocycles. The van der Waals surface area contributed by atoms with E-state index in [2.05, 4.69) is 25.1 Å². The van der Waals surface area contributed by atoms with Gasteiger partial charge in [0.15, 0.2) is 41.8 Å². The molecule has 4 aromatic rings. The van der Waals surface area contributed by atoms with Gasteiger partial charge in [0.05, 0.1) is 38.6 Å². The number of phosphoric acid groups is 1. The lowest BCUT2D eigenvalue weighted by molar-refractivity contribution is -0.0689. The Morgan fingerprint density at radius 3 is 2.41 bits per heavy atom. The Labute approximate surface area is 338 Å². The van der Waals surface area contributed by atoms with Crippen LogP contribution in [0.1, 0.15) is 36.7 Å². The van der Waals surface area contributed by atoms with Crippen LogP contribution in [0, 0.1) is 17.9 Å². The first-order chi connectivity index (χ1) is 27.9. The first kappa shape index (κ1) is 43.9. The van der Waals surface area contributed by atoms with Crippen LogP contribution in [0.5, 0.6) is 0 Å². The van der Waals surface area contributed by atoms with Crippen LogP contribution in [0.15, 0.2) is 64.8 Å². The van der Waals surface area contributed by atoms with Gasteiger partial charge < -0.3 is 28.7 Å². The van der Waals surface area contributed by atoms with E-state index in [9.17, 15) is 18.9 Å². The number of hydrogen-bond donors (Lipinski definition) is 2. The molecule has 26 heteroatoms. The lowest BCUT2D eigenvalue weighted by Crippen LogP contribution is -2.38. The van der Waals surface area contributed by atoms with Crippen LogP contribution < -0.4 is 16.6 Å². The van der Waals surface area contributed by atoms with Gasteiger partial charge in [0.1, 0.15) is 37.4 Å². The first-order valence-electron chi connectivity index (χ1n) is 17.2. The minimum absolute atomic E-state index is 0. The van der Waals surface area contributed by atoms with E-state index in [0.717, 1.165) is 23.2 Å². The van der Waals surface area contributed by atoms with E-state index in [1.54, 1.807) is 36.4 Å². The monoisotopic (exact) mass is 881 g/mol. The number of alkyl halides is 2. The third-order valence-electron chi connectivity index (χ3n) is 8.77. The standard InChI is InChI=1S/C32H31F2N9O12P2S.CH4/c1-36-10-13-49-57(58)51-15-20-22(33)25(31(53-20)43-17-39-24-27(37-16-38-28(24)43)41-29(45)18-6-3-2-4-7-18)54-56(47,48-12-5-9-35)50-14-19-23(34)26(55-57)30(52-19)42-11-8-21(44)40-32(42)46;/h2-4,6-8,11,16-17,19-20,22-23,25-26,30-31H,5,10,12-15H2,(H,40,44,46)(H,37,38,41,45);1H4/t19-,20-,22-,23-,25-,26-,30-,31-,56?,57?;/m1./s1. The molecule has 4 bridgehead atoms. The lowest BCUT2D eigenvalue weighted by Gasteiger charge is -2.29. The summed E-state index contributed by atoms with van der Waals surface area (Å²) >= 11 is 5.61. The smallest absolute Gasteiger partial charge is 0.346 e. The predicted octanol–water partition coefficient (Wildman–Crippen LogP) is 3.75. The van der Waals surface area contributed by atoms with E-state index >= 15 is 8.78 Å². The van der Waals surface area contributed by atoms with Crippen molar-refractivity contribution in [1.82, 2.24) is 29.1 Å². The summed E-state index contributed by atoms with van der Waals surface area (Å²) in [4.78, 5) is 55.5. The first-order valence-corrected chi connectivity index (χ1v) is 21.2. The molecule has 0 radical (unpaired) electrons. The Morgan fingerprint density at radius 2 is 1.71 bits per heavy atom. The number of nitrogens with one attached hydrogen (secondary N) is 2. The number of hydrogen-bond acceptors (Lipinski definition) is 17. The molecule has 7 rings (SSSR count). The van der Waals surface area contributed by atoms with E-state index in [1.807, 2.05) is 4.98 Å². The predicted molar refractivity (Wildman–Crippen MR) is 203 cm³/mol. The van der Waals surface area contributed by atoms with Crippen LogP contribution in [0.2, 0.25) is 0 Å². The number of nitriles is 1. The van der Waals surface area contributed by atoms with Gasteiger partial charge in [0, 0.05) is 17.8 Å². The Kier molecular flexibility index (Phi) is 13.9. The maximum atomic E-state index is 16.7. The molecule has 3 aliphatic rings. The zero-order valence-corrected chi connectivity index (χ0v) is 32.3. The van der Waals surface area contributed by atoms with E-state index in [1.165, 1.54) is 10.9 Å². The normalized spacial score (nSPS) is 30.7. The van der Waals surface area contributed by atoms with E-state index < -0.39 is 101 Å². The molecule has 0 spiro atoms. The number of phosphoric ester groups is 1. The molecule has 2 unspecified atom stereocenters. The van der Waals surface area contributed by atoms with Gasteiger partial charge in [-0.25, -0.2) is 39.7 Å². The topological polar surface area (TPSA) is 247 Å². The molecule has 1 amide bonds. The number of benzene rings is 1. The number of rotatable bonds is 10. The Balaban J connectivity index is 0.00000585. The Hall–Kier alpha value is -4.68. The number of carbonyl (C=O) groups is 1. The quantitative estimate of drug-likeness (QED) is 0.131. The van der Waals surface area contributed by atoms with Gasteiger partial charge in [-0.15, -0.1) is 0 Å². The highest BCUT2D eigenvalue weighted by Crippen LogP contribution is 2.58. The second-order valence-electron chi connectivity index (χ2n) is 12.5. The van der Waals surface area contributed by atoms with Crippen LogP contribution in [0.3, 0.4) is 0 Å². The molecule has 3 aliphatic heterocycles. The van der Waals surface area contributed by atoms with Crippen molar-refractivity contribution >= 4 is 49.2 Å². The summed E-state index contributed by atoms with van der Waals surface area (Å²) in [6, 6.07) is 11.0. The number of imidazole rings is 1. The Morgan fingerprint density at radius 1 is 1.02 bits per heavy atom. The average Bonchev–Trinajstić information content (AvgIpc) is 3.86. The van der Waals surface area contributed by atoms with E-state index in [4.69, 9.17) is 60.3 Å². The highest BCUT2D eigenvalue weighted by molar-refractivity contribution is 8.07. The van der Waals surface area contributed by atoms with Gasteiger partial charge >= 0.3 is 20.2 Å². The van der Waals surface area contributed by atoms with Crippen molar-refractivity contribution in [3.63, 3.8) is 0 Å². The summed E-state index contributed by atoms with van der Waals surface area (Å²) in [5, 5.41) is 11.8. The van der Waals surface area contributed by atoms with Crippen molar-refractivity contribution in [3.05, 3.63) is 93.1 Å². The number of anilines is 1. The number of nitrogens with zero attached hydrogens (tertiary/aromatic N) is 7. The molecule has 0 aliphatic carbocycles. The number of ether oxygens (including phenoxy) is 2. The minimum atomic E-state index is -4.98.